The van der Waals surface area contributed by atoms with Crippen LogP contribution in [0.25, 0.3) is 0 Å². The van der Waals surface area contributed by atoms with Crippen LogP contribution in [0.3, 0.4) is 0 Å². The first-order valence-corrected chi connectivity index (χ1v) is 9.91. The predicted molar refractivity (Wildman–Crippen MR) is 112 cm³/mol. The molecule has 0 spiro atoms. The van der Waals surface area contributed by atoms with Gasteiger partial charge in [-0.2, -0.15) is 0 Å². The number of benzene rings is 1. The predicted octanol–water partition coefficient (Wildman–Crippen LogP) is 2.68. The fourth-order valence-corrected chi connectivity index (χ4v) is 3.10. The number of likely N-dealkylation sites (N-methyl/N-ethyl adjacent to an activating group) is 1. The molecule has 1 aliphatic rings. The molecule has 0 bridgehead atoms. The van der Waals surface area contributed by atoms with Crippen LogP contribution in [-0.2, 0) is 13.1 Å². The van der Waals surface area contributed by atoms with Crippen molar-refractivity contribution in [3.05, 3.63) is 35.4 Å². The van der Waals surface area contributed by atoms with Gasteiger partial charge >= 0.3 is 0 Å². The summed E-state index contributed by atoms with van der Waals surface area (Å²) >= 11 is 0. The summed E-state index contributed by atoms with van der Waals surface area (Å²) in [6.07, 6.45) is 1.26. The summed E-state index contributed by atoms with van der Waals surface area (Å²) in [6.45, 7) is 15.9. The first-order valence-electron chi connectivity index (χ1n) is 9.91. The van der Waals surface area contributed by atoms with Crippen LogP contribution in [-0.4, -0.2) is 61.1 Å². The quantitative estimate of drug-likeness (QED) is 0.627. The molecule has 0 atom stereocenters. The van der Waals surface area contributed by atoms with E-state index in [1.54, 1.807) is 0 Å². The van der Waals surface area contributed by atoms with Crippen LogP contribution >= 0.6 is 0 Å². The lowest BCUT2D eigenvalue weighted by molar-refractivity contribution is 0.269. The van der Waals surface area contributed by atoms with Gasteiger partial charge in [-0.1, -0.05) is 24.3 Å². The molecule has 1 fully saturated rings. The van der Waals surface area contributed by atoms with Crippen molar-refractivity contribution >= 4 is 5.96 Å². The van der Waals surface area contributed by atoms with Gasteiger partial charge in [0, 0.05) is 31.7 Å². The molecular formula is C21H37N5. The van der Waals surface area contributed by atoms with Gasteiger partial charge in [-0.3, -0.25) is 4.90 Å². The Bertz CT molecular complexity index is 559. The second-order valence-corrected chi connectivity index (χ2v) is 8.32. The first-order chi connectivity index (χ1) is 12.4. The molecule has 1 aromatic rings. The highest BCUT2D eigenvalue weighted by Gasteiger charge is 2.13. The normalized spacial score (nSPS) is 17.8. The molecule has 5 heteroatoms. The molecule has 0 unspecified atom stereocenters. The summed E-state index contributed by atoms with van der Waals surface area (Å²) in [5.41, 5.74) is 2.64. The lowest BCUT2D eigenvalue weighted by atomic mass is 10.1. The summed E-state index contributed by atoms with van der Waals surface area (Å²) < 4.78 is 0. The summed E-state index contributed by atoms with van der Waals surface area (Å²) in [5.74, 6) is 0.873. The molecule has 0 aliphatic carbocycles. The molecule has 26 heavy (non-hydrogen) atoms. The molecule has 1 saturated heterocycles. The van der Waals surface area contributed by atoms with Crippen molar-refractivity contribution in [2.75, 3.05) is 39.8 Å². The lowest BCUT2D eigenvalue weighted by Gasteiger charge is -2.23. The van der Waals surface area contributed by atoms with Crippen LogP contribution in [0.1, 0.15) is 45.2 Å². The second-order valence-electron chi connectivity index (χ2n) is 8.32. The third-order valence-electron chi connectivity index (χ3n) is 4.50. The fourth-order valence-electron chi connectivity index (χ4n) is 3.10. The Balaban J connectivity index is 1.90. The van der Waals surface area contributed by atoms with Crippen molar-refractivity contribution in [2.45, 2.75) is 52.7 Å². The van der Waals surface area contributed by atoms with Gasteiger partial charge in [0.05, 0.1) is 6.54 Å². The fraction of sp³-hybridized carbons (Fsp3) is 0.667. The summed E-state index contributed by atoms with van der Waals surface area (Å²) in [4.78, 5) is 9.70. The minimum atomic E-state index is 0.00604. The average molecular weight is 360 g/mol. The molecule has 1 heterocycles. The van der Waals surface area contributed by atoms with Crippen LogP contribution in [0.15, 0.2) is 29.3 Å². The Morgan fingerprint density at radius 1 is 1.04 bits per heavy atom. The van der Waals surface area contributed by atoms with Crippen LogP contribution in [0.2, 0.25) is 0 Å². The van der Waals surface area contributed by atoms with E-state index in [0.29, 0.717) is 6.54 Å². The van der Waals surface area contributed by atoms with Crippen molar-refractivity contribution in [3.63, 3.8) is 0 Å². The highest BCUT2D eigenvalue weighted by molar-refractivity contribution is 5.80. The smallest absolute Gasteiger partial charge is 0.191 e. The van der Waals surface area contributed by atoms with E-state index in [9.17, 15) is 0 Å². The van der Waals surface area contributed by atoms with Crippen LogP contribution in [0, 0.1) is 0 Å². The van der Waals surface area contributed by atoms with Crippen molar-refractivity contribution in [2.24, 2.45) is 4.99 Å². The second kappa shape index (κ2) is 9.93. The van der Waals surface area contributed by atoms with E-state index >= 15 is 0 Å². The third kappa shape index (κ3) is 7.75. The topological polar surface area (TPSA) is 42.9 Å². The van der Waals surface area contributed by atoms with Crippen LogP contribution < -0.4 is 10.6 Å². The first kappa shape index (κ1) is 20.7. The SMILES string of the molecule is CCNC(=NCc1ccc(CN2CCCN(C)CC2)cc1)NC(C)(C)C. The molecule has 1 aromatic carbocycles. The Morgan fingerprint density at radius 2 is 1.73 bits per heavy atom. The zero-order chi connectivity index (χ0) is 19.0. The van der Waals surface area contributed by atoms with Gasteiger partial charge in [0.25, 0.3) is 0 Å². The van der Waals surface area contributed by atoms with E-state index in [1.165, 1.54) is 37.2 Å². The molecule has 2 rings (SSSR count). The molecule has 1 aliphatic heterocycles. The Kier molecular flexibility index (Phi) is 7.91. The van der Waals surface area contributed by atoms with E-state index < -0.39 is 0 Å². The minimum absolute atomic E-state index is 0.00604. The number of guanidine groups is 1. The number of hydrogen-bond acceptors (Lipinski definition) is 3. The average Bonchev–Trinajstić information content (AvgIpc) is 2.77. The highest BCUT2D eigenvalue weighted by Crippen LogP contribution is 2.11. The largest absolute Gasteiger partial charge is 0.357 e. The maximum atomic E-state index is 4.71. The standard InChI is InChI=1S/C21H37N5/c1-6-22-20(24-21(2,3)4)23-16-18-8-10-19(11-9-18)17-26-13-7-12-25(5)14-15-26/h8-11H,6-7,12-17H2,1-5H3,(H2,22,23,24). The van der Waals surface area contributed by atoms with Crippen LogP contribution in [0.5, 0.6) is 0 Å². The molecule has 146 valence electrons. The maximum absolute atomic E-state index is 4.71. The number of aliphatic imine (C=N–C) groups is 1. The molecule has 5 nitrogen and oxygen atoms in total. The van der Waals surface area contributed by atoms with E-state index in [1.807, 2.05) is 0 Å². The Morgan fingerprint density at radius 3 is 2.38 bits per heavy atom. The number of rotatable bonds is 5. The van der Waals surface area contributed by atoms with Crippen molar-refractivity contribution < 1.29 is 0 Å². The van der Waals surface area contributed by atoms with Gasteiger partial charge in [-0.25, -0.2) is 4.99 Å². The molecular weight excluding hydrogens is 322 g/mol. The number of hydrogen-bond donors (Lipinski definition) is 2. The molecule has 0 amide bonds. The number of nitrogens with zero attached hydrogens (tertiary/aromatic N) is 3. The van der Waals surface area contributed by atoms with Gasteiger partial charge in [0.2, 0.25) is 0 Å². The Hall–Kier alpha value is -1.59. The summed E-state index contributed by atoms with van der Waals surface area (Å²) in [7, 11) is 2.22. The third-order valence-corrected chi connectivity index (χ3v) is 4.50. The van der Waals surface area contributed by atoms with Gasteiger partial charge in [0.1, 0.15) is 0 Å². The lowest BCUT2D eigenvalue weighted by Crippen LogP contribution is -2.47. The minimum Gasteiger partial charge on any atom is -0.357 e. The molecule has 0 radical (unpaired) electrons. The zero-order valence-corrected chi connectivity index (χ0v) is 17.3. The van der Waals surface area contributed by atoms with E-state index in [4.69, 9.17) is 4.99 Å². The van der Waals surface area contributed by atoms with Crippen LogP contribution in [0.4, 0.5) is 0 Å². The zero-order valence-electron chi connectivity index (χ0n) is 17.3. The van der Waals surface area contributed by atoms with Gasteiger partial charge in [-0.15, -0.1) is 0 Å². The van der Waals surface area contributed by atoms with E-state index in [2.05, 4.69) is 79.4 Å². The molecule has 0 aromatic heterocycles. The van der Waals surface area contributed by atoms with E-state index in [-0.39, 0.29) is 5.54 Å². The van der Waals surface area contributed by atoms with Gasteiger partial charge in [0.15, 0.2) is 5.96 Å². The van der Waals surface area contributed by atoms with Crippen molar-refractivity contribution in [1.29, 1.82) is 0 Å². The van der Waals surface area contributed by atoms with Gasteiger partial charge in [-0.05, 0) is 65.4 Å². The summed E-state index contributed by atoms with van der Waals surface area (Å²) in [6, 6.07) is 8.93. The molecule has 2 N–H and O–H groups in total. The van der Waals surface area contributed by atoms with Crippen molar-refractivity contribution in [3.8, 4) is 0 Å². The van der Waals surface area contributed by atoms with Crippen molar-refractivity contribution in [1.82, 2.24) is 20.4 Å². The highest BCUT2D eigenvalue weighted by atomic mass is 15.2. The number of nitrogens with one attached hydrogen (secondary N) is 2. The van der Waals surface area contributed by atoms with E-state index in [0.717, 1.165) is 25.6 Å². The Labute approximate surface area is 159 Å². The maximum Gasteiger partial charge on any atom is 0.191 e. The summed E-state index contributed by atoms with van der Waals surface area (Å²) in [5, 5.41) is 6.74. The monoisotopic (exact) mass is 359 g/mol. The molecule has 0 saturated carbocycles. The van der Waals surface area contributed by atoms with Gasteiger partial charge < -0.3 is 15.5 Å².